The molecule has 2 aromatic carbocycles. The summed E-state index contributed by atoms with van der Waals surface area (Å²) in [5.74, 6) is -0.226. The van der Waals surface area contributed by atoms with E-state index in [1.54, 1.807) is 0 Å². The SMILES string of the molecule is Cc1cc(S(=O)(=O)C(F)(F)F)ccc1Oc1c(Cl)cc(-n2c(=O)[nH]c(=O)n(C)c2=O)cc1Cl. The van der Waals surface area contributed by atoms with Crippen molar-refractivity contribution in [1.29, 1.82) is 0 Å². The van der Waals surface area contributed by atoms with Gasteiger partial charge in [-0.25, -0.2) is 31.9 Å². The number of sulfone groups is 1. The van der Waals surface area contributed by atoms with Crippen molar-refractivity contribution < 1.29 is 26.3 Å². The fraction of sp³-hybridized carbons (Fsp3) is 0.167. The van der Waals surface area contributed by atoms with Gasteiger partial charge in [-0.15, -0.1) is 0 Å². The highest BCUT2D eigenvalue weighted by Crippen LogP contribution is 2.40. The molecule has 0 amide bonds. The van der Waals surface area contributed by atoms with Gasteiger partial charge in [-0.3, -0.25) is 4.98 Å². The van der Waals surface area contributed by atoms with Gasteiger partial charge in [0, 0.05) is 7.05 Å². The molecule has 3 aromatic rings. The molecular formula is C18H12Cl2F3N3O6S. The van der Waals surface area contributed by atoms with Crippen molar-refractivity contribution in [2.24, 2.45) is 7.05 Å². The number of halogens is 5. The average molecular weight is 526 g/mol. The maximum atomic E-state index is 12.8. The topological polar surface area (TPSA) is 120 Å². The molecule has 0 spiro atoms. The largest absolute Gasteiger partial charge is 0.501 e. The number of rotatable bonds is 4. The maximum absolute atomic E-state index is 12.8. The van der Waals surface area contributed by atoms with Crippen LogP contribution in [0.1, 0.15) is 5.56 Å². The second-order valence-electron chi connectivity index (χ2n) is 6.63. The number of nitrogens with zero attached hydrogens (tertiary/aromatic N) is 2. The first-order valence-electron chi connectivity index (χ1n) is 8.67. The molecule has 176 valence electrons. The van der Waals surface area contributed by atoms with Crippen LogP contribution in [0, 0.1) is 6.92 Å². The van der Waals surface area contributed by atoms with Gasteiger partial charge in [0.05, 0.1) is 20.6 Å². The number of H-pyrrole nitrogens is 1. The molecule has 0 atom stereocenters. The van der Waals surface area contributed by atoms with Gasteiger partial charge >= 0.3 is 22.6 Å². The molecule has 33 heavy (non-hydrogen) atoms. The third-order valence-corrected chi connectivity index (χ3v) is 6.46. The van der Waals surface area contributed by atoms with Crippen LogP contribution in [0.25, 0.3) is 5.69 Å². The standard InChI is InChI=1S/C18H12Cl2F3N3O6S/c1-8-5-10(33(30,31)18(21,22)23)3-4-13(8)32-14-11(19)6-9(7-12(14)20)26-16(28)24-15(27)25(2)17(26)29/h3-7H,1-2H3,(H,24,27,28). The lowest BCUT2D eigenvalue weighted by Crippen LogP contribution is -2.47. The zero-order valence-electron chi connectivity index (χ0n) is 16.5. The summed E-state index contributed by atoms with van der Waals surface area (Å²) in [6, 6.07) is 4.77. The van der Waals surface area contributed by atoms with E-state index in [0.29, 0.717) is 15.2 Å². The summed E-state index contributed by atoms with van der Waals surface area (Å²) >= 11 is 12.4. The van der Waals surface area contributed by atoms with E-state index < -0.39 is 37.3 Å². The second kappa shape index (κ2) is 8.39. The Morgan fingerprint density at radius 1 is 1.00 bits per heavy atom. The highest BCUT2D eigenvalue weighted by molar-refractivity contribution is 7.92. The van der Waals surface area contributed by atoms with Gasteiger partial charge in [-0.05, 0) is 42.8 Å². The van der Waals surface area contributed by atoms with E-state index in [0.717, 1.165) is 31.3 Å². The Labute approximate surface area is 192 Å². The number of hydrogen-bond donors (Lipinski definition) is 1. The number of benzene rings is 2. The Balaban J connectivity index is 2.05. The third kappa shape index (κ3) is 4.43. The predicted molar refractivity (Wildman–Crippen MR) is 112 cm³/mol. The fourth-order valence-corrected chi connectivity index (χ4v) is 4.10. The lowest BCUT2D eigenvalue weighted by molar-refractivity contribution is -0.0436. The molecule has 0 radical (unpaired) electrons. The second-order valence-corrected chi connectivity index (χ2v) is 9.38. The van der Waals surface area contributed by atoms with E-state index in [2.05, 4.69) is 0 Å². The normalized spacial score (nSPS) is 12.1. The Bertz CT molecular complexity index is 1540. The van der Waals surface area contributed by atoms with Crippen LogP contribution in [0.3, 0.4) is 0 Å². The van der Waals surface area contributed by atoms with Crippen LogP contribution < -0.4 is 21.8 Å². The summed E-state index contributed by atoms with van der Waals surface area (Å²) in [6.45, 7) is 1.31. The molecule has 0 bridgehead atoms. The molecule has 0 aliphatic carbocycles. The Kier molecular flexibility index (Phi) is 6.26. The zero-order valence-corrected chi connectivity index (χ0v) is 18.9. The predicted octanol–water partition coefficient (Wildman–Crippen LogP) is 2.93. The van der Waals surface area contributed by atoms with E-state index in [1.165, 1.54) is 6.92 Å². The molecule has 0 fully saturated rings. The summed E-state index contributed by atoms with van der Waals surface area (Å²) < 4.78 is 68.2. The minimum Gasteiger partial charge on any atom is -0.454 e. The number of nitrogens with one attached hydrogen (secondary N) is 1. The number of aromatic nitrogens is 3. The van der Waals surface area contributed by atoms with Crippen molar-refractivity contribution in [1.82, 2.24) is 14.1 Å². The molecular weight excluding hydrogens is 514 g/mol. The number of ether oxygens (including phenoxy) is 1. The van der Waals surface area contributed by atoms with Crippen molar-refractivity contribution in [3.63, 3.8) is 0 Å². The highest BCUT2D eigenvalue weighted by Gasteiger charge is 2.47. The van der Waals surface area contributed by atoms with Crippen molar-refractivity contribution in [3.05, 3.63) is 77.4 Å². The monoisotopic (exact) mass is 525 g/mol. The molecule has 3 rings (SSSR count). The Morgan fingerprint density at radius 2 is 1.58 bits per heavy atom. The maximum Gasteiger partial charge on any atom is 0.501 e. The summed E-state index contributed by atoms with van der Waals surface area (Å²) in [4.78, 5) is 36.9. The summed E-state index contributed by atoms with van der Waals surface area (Å²) in [5, 5.41) is -0.381. The van der Waals surface area contributed by atoms with Gasteiger partial charge in [0.25, 0.3) is 9.84 Å². The van der Waals surface area contributed by atoms with Crippen LogP contribution in [0.2, 0.25) is 10.0 Å². The lowest BCUT2D eigenvalue weighted by atomic mass is 10.2. The zero-order chi connectivity index (χ0) is 24.9. The molecule has 1 N–H and O–H groups in total. The van der Waals surface area contributed by atoms with E-state index in [9.17, 15) is 36.0 Å². The van der Waals surface area contributed by atoms with Crippen LogP contribution in [0.15, 0.2) is 49.6 Å². The number of aryl methyl sites for hydroxylation is 1. The van der Waals surface area contributed by atoms with Crippen LogP contribution in [-0.4, -0.2) is 28.0 Å². The van der Waals surface area contributed by atoms with Crippen molar-refractivity contribution in [2.75, 3.05) is 0 Å². The minimum atomic E-state index is -5.55. The summed E-state index contributed by atoms with van der Waals surface area (Å²) in [7, 11) is -4.41. The van der Waals surface area contributed by atoms with Gasteiger partial charge in [-0.2, -0.15) is 13.2 Å². The molecule has 0 saturated heterocycles. The summed E-state index contributed by atoms with van der Waals surface area (Å²) in [5.41, 5.74) is -8.47. The van der Waals surface area contributed by atoms with Crippen LogP contribution in [0.5, 0.6) is 11.5 Å². The number of hydrogen-bond acceptors (Lipinski definition) is 6. The smallest absolute Gasteiger partial charge is 0.454 e. The summed E-state index contributed by atoms with van der Waals surface area (Å²) in [6.07, 6.45) is 0. The molecule has 0 aliphatic rings. The van der Waals surface area contributed by atoms with Crippen LogP contribution in [0.4, 0.5) is 13.2 Å². The van der Waals surface area contributed by atoms with Gasteiger partial charge < -0.3 is 4.74 Å². The Hall–Kier alpha value is -3.03. The van der Waals surface area contributed by atoms with Crippen molar-refractivity contribution >= 4 is 33.0 Å². The first-order valence-corrected chi connectivity index (χ1v) is 10.9. The van der Waals surface area contributed by atoms with Gasteiger partial charge in [0.15, 0.2) is 5.75 Å². The van der Waals surface area contributed by atoms with Crippen molar-refractivity contribution in [2.45, 2.75) is 17.3 Å². The van der Waals surface area contributed by atoms with E-state index in [-0.39, 0.29) is 32.8 Å². The first kappa shape index (κ1) is 24.6. The molecule has 0 saturated carbocycles. The molecule has 1 heterocycles. The molecule has 9 nitrogen and oxygen atoms in total. The van der Waals surface area contributed by atoms with E-state index in [1.807, 2.05) is 4.98 Å². The van der Waals surface area contributed by atoms with Gasteiger partial charge in [-0.1, -0.05) is 23.2 Å². The highest BCUT2D eigenvalue weighted by atomic mass is 35.5. The van der Waals surface area contributed by atoms with Crippen LogP contribution >= 0.6 is 23.2 Å². The molecule has 1 aromatic heterocycles. The van der Waals surface area contributed by atoms with E-state index in [4.69, 9.17) is 27.9 Å². The molecule has 0 aliphatic heterocycles. The van der Waals surface area contributed by atoms with Gasteiger partial charge in [0.1, 0.15) is 5.75 Å². The average Bonchev–Trinajstić information content (AvgIpc) is 2.69. The molecule has 0 unspecified atom stereocenters. The fourth-order valence-electron chi connectivity index (χ4n) is 2.70. The van der Waals surface area contributed by atoms with Crippen LogP contribution in [-0.2, 0) is 16.9 Å². The molecule has 15 heteroatoms. The van der Waals surface area contributed by atoms with E-state index >= 15 is 0 Å². The number of aromatic amines is 1. The van der Waals surface area contributed by atoms with Gasteiger partial charge in [0.2, 0.25) is 0 Å². The third-order valence-electron chi connectivity index (χ3n) is 4.41. The first-order chi connectivity index (χ1) is 15.1. The minimum absolute atomic E-state index is 0.0299. The quantitative estimate of drug-likeness (QED) is 0.559. The Morgan fingerprint density at radius 3 is 2.09 bits per heavy atom. The lowest BCUT2D eigenvalue weighted by Gasteiger charge is -2.15. The number of alkyl halides is 3. The van der Waals surface area contributed by atoms with Crippen molar-refractivity contribution in [3.8, 4) is 17.2 Å².